The lowest BCUT2D eigenvalue weighted by Crippen LogP contribution is -2.34. The summed E-state index contributed by atoms with van der Waals surface area (Å²) in [5.74, 6) is -0.986. The van der Waals surface area contributed by atoms with Gasteiger partial charge in [0.1, 0.15) is 5.70 Å². The summed E-state index contributed by atoms with van der Waals surface area (Å²) in [7, 11) is 0. The van der Waals surface area contributed by atoms with Crippen LogP contribution in [0.5, 0.6) is 0 Å². The number of amides is 2. The van der Waals surface area contributed by atoms with Crippen LogP contribution in [0.15, 0.2) is 90.6 Å². The van der Waals surface area contributed by atoms with E-state index in [0.717, 1.165) is 11.1 Å². The predicted molar refractivity (Wildman–Crippen MR) is 113 cm³/mol. The summed E-state index contributed by atoms with van der Waals surface area (Å²) < 4.78 is 0. The molecule has 0 radical (unpaired) electrons. The molecule has 0 heterocycles. The van der Waals surface area contributed by atoms with Crippen molar-refractivity contribution < 1.29 is 14.5 Å². The lowest BCUT2D eigenvalue weighted by atomic mass is 10.1. The molecule has 0 saturated carbocycles. The minimum atomic E-state index is -0.542. The molecule has 2 amide bonds. The number of nitrogens with zero attached hydrogens (tertiary/aromatic N) is 1. The molecule has 7 heteroatoms. The first-order valence-electron chi connectivity index (χ1n) is 9.17. The number of nitrogens with one attached hydrogen (secondary N) is 2. The molecular weight excluding hydrogens is 382 g/mol. The number of nitro groups is 1. The number of hydrogen-bond acceptors (Lipinski definition) is 4. The van der Waals surface area contributed by atoms with Crippen molar-refractivity contribution in [3.8, 4) is 0 Å². The fourth-order valence-electron chi connectivity index (χ4n) is 2.68. The van der Waals surface area contributed by atoms with Crippen LogP contribution in [0.3, 0.4) is 0 Å². The van der Waals surface area contributed by atoms with E-state index in [0.29, 0.717) is 6.54 Å². The Kier molecular flexibility index (Phi) is 6.68. The summed E-state index contributed by atoms with van der Waals surface area (Å²) >= 11 is 0. The van der Waals surface area contributed by atoms with Gasteiger partial charge in [-0.05, 0) is 29.3 Å². The summed E-state index contributed by atoms with van der Waals surface area (Å²) in [6.45, 7) is 0.305. The van der Waals surface area contributed by atoms with Crippen LogP contribution in [0, 0.1) is 10.1 Å². The van der Waals surface area contributed by atoms with Crippen LogP contribution in [-0.4, -0.2) is 16.7 Å². The highest BCUT2D eigenvalue weighted by Gasteiger charge is 2.15. The zero-order valence-electron chi connectivity index (χ0n) is 15.9. The number of rotatable bonds is 7. The standard InChI is InChI=1S/C23H19N3O4/c27-22(19-11-13-20(14-12-19)26(29)30)25-21(15-17-7-3-1-4-8-17)23(28)24-16-18-9-5-2-6-10-18/h1-15H,16H2,(H,24,28)(H,25,27)/b21-15-. The van der Waals surface area contributed by atoms with Gasteiger partial charge in [0.05, 0.1) is 4.92 Å². The highest BCUT2D eigenvalue weighted by Crippen LogP contribution is 2.13. The van der Waals surface area contributed by atoms with E-state index in [1.807, 2.05) is 60.7 Å². The quantitative estimate of drug-likeness (QED) is 0.358. The first-order valence-corrected chi connectivity index (χ1v) is 9.17. The van der Waals surface area contributed by atoms with Gasteiger partial charge in [-0.15, -0.1) is 0 Å². The number of hydrogen-bond donors (Lipinski definition) is 2. The fraction of sp³-hybridized carbons (Fsp3) is 0.0435. The topological polar surface area (TPSA) is 101 Å². The van der Waals surface area contributed by atoms with Crippen LogP contribution in [0.4, 0.5) is 5.69 Å². The Labute approximate surface area is 173 Å². The highest BCUT2D eigenvalue weighted by atomic mass is 16.6. The van der Waals surface area contributed by atoms with Gasteiger partial charge in [-0.1, -0.05) is 60.7 Å². The van der Waals surface area contributed by atoms with Gasteiger partial charge in [-0.3, -0.25) is 19.7 Å². The van der Waals surface area contributed by atoms with Crippen molar-refractivity contribution in [1.82, 2.24) is 10.6 Å². The molecule has 30 heavy (non-hydrogen) atoms. The zero-order chi connectivity index (χ0) is 21.3. The van der Waals surface area contributed by atoms with Gasteiger partial charge >= 0.3 is 0 Å². The van der Waals surface area contributed by atoms with E-state index in [-0.39, 0.29) is 16.9 Å². The molecule has 0 unspecified atom stereocenters. The number of benzene rings is 3. The first kappa shape index (κ1) is 20.5. The van der Waals surface area contributed by atoms with Crippen LogP contribution < -0.4 is 10.6 Å². The Morgan fingerprint density at radius 2 is 1.47 bits per heavy atom. The van der Waals surface area contributed by atoms with Crippen molar-refractivity contribution in [1.29, 1.82) is 0 Å². The number of non-ortho nitro benzene ring substituents is 1. The minimum absolute atomic E-state index is 0.0699. The Morgan fingerprint density at radius 1 is 0.867 bits per heavy atom. The SMILES string of the molecule is O=C(NCc1ccccc1)/C(=C/c1ccccc1)NC(=O)c1ccc([N+](=O)[O-])cc1. The maximum Gasteiger partial charge on any atom is 0.269 e. The largest absolute Gasteiger partial charge is 0.347 e. The van der Waals surface area contributed by atoms with Gasteiger partial charge < -0.3 is 10.6 Å². The molecule has 3 aromatic carbocycles. The Balaban J connectivity index is 1.78. The monoisotopic (exact) mass is 401 g/mol. The van der Waals surface area contributed by atoms with Crippen molar-refractivity contribution in [2.45, 2.75) is 6.54 Å². The van der Waals surface area contributed by atoms with E-state index in [1.165, 1.54) is 24.3 Å². The molecule has 3 rings (SSSR count). The van der Waals surface area contributed by atoms with Crippen LogP contribution in [-0.2, 0) is 11.3 Å². The average Bonchev–Trinajstić information content (AvgIpc) is 2.78. The van der Waals surface area contributed by atoms with Gasteiger partial charge in [-0.2, -0.15) is 0 Å². The highest BCUT2D eigenvalue weighted by molar-refractivity contribution is 6.05. The van der Waals surface area contributed by atoms with Gasteiger partial charge in [-0.25, -0.2) is 0 Å². The second-order valence-corrected chi connectivity index (χ2v) is 6.40. The molecule has 0 saturated heterocycles. The molecule has 0 aliphatic rings. The van der Waals surface area contributed by atoms with Crippen molar-refractivity contribution in [3.63, 3.8) is 0 Å². The Morgan fingerprint density at radius 3 is 2.07 bits per heavy atom. The van der Waals surface area contributed by atoms with Gasteiger partial charge in [0.15, 0.2) is 0 Å². The molecule has 0 aliphatic carbocycles. The third-order valence-corrected chi connectivity index (χ3v) is 4.24. The van der Waals surface area contributed by atoms with Crippen molar-refractivity contribution in [2.24, 2.45) is 0 Å². The molecule has 0 aliphatic heterocycles. The second kappa shape index (κ2) is 9.79. The van der Waals surface area contributed by atoms with Crippen LogP contribution in [0.25, 0.3) is 6.08 Å². The number of carbonyl (C=O) groups is 2. The molecular formula is C23H19N3O4. The summed E-state index contributed by atoms with van der Waals surface area (Å²) in [5, 5.41) is 16.2. The van der Waals surface area contributed by atoms with Crippen molar-refractivity contribution in [2.75, 3.05) is 0 Å². The number of nitro benzene ring substituents is 1. The van der Waals surface area contributed by atoms with Crippen molar-refractivity contribution >= 4 is 23.6 Å². The van der Waals surface area contributed by atoms with Gasteiger partial charge in [0, 0.05) is 24.2 Å². The second-order valence-electron chi connectivity index (χ2n) is 6.40. The smallest absolute Gasteiger partial charge is 0.269 e. The predicted octanol–water partition coefficient (Wildman–Crippen LogP) is 3.68. The van der Waals surface area contributed by atoms with E-state index < -0.39 is 16.7 Å². The first-order chi connectivity index (χ1) is 14.5. The normalized spacial score (nSPS) is 10.9. The van der Waals surface area contributed by atoms with Gasteiger partial charge in [0.25, 0.3) is 17.5 Å². The molecule has 3 aromatic rings. The van der Waals surface area contributed by atoms with E-state index in [9.17, 15) is 19.7 Å². The lowest BCUT2D eigenvalue weighted by molar-refractivity contribution is -0.384. The van der Waals surface area contributed by atoms with E-state index in [4.69, 9.17) is 0 Å². The fourth-order valence-corrected chi connectivity index (χ4v) is 2.68. The molecule has 0 atom stereocenters. The van der Waals surface area contributed by atoms with E-state index in [2.05, 4.69) is 10.6 Å². The molecule has 150 valence electrons. The lowest BCUT2D eigenvalue weighted by Gasteiger charge is -2.11. The maximum absolute atomic E-state index is 12.7. The summed E-state index contributed by atoms with van der Waals surface area (Å²) in [6.07, 6.45) is 1.57. The summed E-state index contributed by atoms with van der Waals surface area (Å²) in [6, 6.07) is 23.7. The summed E-state index contributed by atoms with van der Waals surface area (Å²) in [4.78, 5) is 35.6. The molecule has 7 nitrogen and oxygen atoms in total. The molecule has 0 fully saturated rings. The zero-order valence-corrected chi connectivity index (χ0v) is 15.9. The van der Waals surface area contributed by atoms with Crippen LogP contribution in [0.1, 0.15) is 21.5 Å². The molecule has 0 aromatic heterocycles. The molecule has 2 N–H and O–H groups in total. The average molecular weight is 401 g/mol. The maximum atomic E-state index is 12.7. The Bertz CT molecular complexity index is 1060. The van der Waals surface area contributed by atoms with Crippen molar-refractivity contribution in [3.05, 3.63) is 117 Å². The van der Waals surface area contributed by atoms with Crippen LogP contribution >= 0.6 is 0 Å². The summed E-state index contributed by atoms with van der Waals surface area (Å²) in [5.41, 5.74) is 1.82. The van der Waals surface area contributed by atoms with Gasteiger partial charge in [0.2, 0.25) is 0 Å². The third-order valence-electron chi connectivity index (χ3n) is 4.24. The number of carbonyl (C=O) groups excluding carboxylic acids is 2. The minimum Gasteiger partial charge on any atom is -0.347 e. The van der Waals surface area contributed by atoms with E-state index in [1.54, 1.807) is 6.08 Å². The molecule has 0 bridgehead atoms. The van der Waals surface area contributed by atoms with E-state index >= 15 is 0 Å². The molecule has 0 spiro atoms. The van der Waals surface area contributed by atoms with Crippen LogP contribution in [0.2, 0.25) is 0 Å². The third kappa shape index (κ3) is 5.62. The Hall–Kier alpha value is -4.26.